The fraction of sp³-hybridized carbons (Fsp3) is 0.500. The molecule has 0 aliphatic carbocycles. The van der Waals surface area contributed by atoms with E-state index in [-0.39, 0.29) is 11.3 Å². The zero-order valence-corrected chi connectivity index (χ0v) is 12.0. The van der Waals surface area contributed by atoms with E-state index in [1.807, 2.05) is 13.8 Å². The van der Waals surface area contributed by atoms with E-state index in [0.29, 0.717) is 29.6 Å². The van der Waals surface area contributed by atoms with E-state index in [2.05, 4.69) is 10.6 Å². The third-order valence-corrected chi connectivity index (χ3v) is 3.64. The van der Waals surface area contributed by atoms with E-state index in [1.54, 1.807) is 18.2 Å². The van der Waals surface area contributed by atoms with E-state index in [0.717, 1.165) is 13.0 Å². The third-order valence-electron chi connectivity index (χ3n) is 3.41. The molecule has 104 valence electrons. The highest BCUT2D eigenvalue weighted by Gasteiger charge is 2.36. The van der Waals surface area contributed by atoms with Crippen LogP contribution in [0.3, 0.4) is 0 Å². The number of nitrogens with one attached hydrogen (secondary N) is 2. The van der Waals surface area contributed by atoms with Gasteiger partial charge in [0.05, 0.1) is 17.7 Å². The molecule has 1 aliphatic heterocycles. The van der Waals surface area contributed by atoms with Gasteiger partial charge in [0.2, 0.25) is 5.91 Å². The van der Waals surface area contributed by atoms with Crippen LogP contribution in [0.5, 0.6) is 5.75 Å². The Morgan fingerprint density at radius 1 is 1.58 bits per heavy atom. The highest BCUT2D eigenvalue weighted by Crippen LogP contribution is 2.31. The maximum absolute atomic E-state index is 12.4. The molecule has 19 heavy (non-hydrogen) atoms. The van der Waals surface area contributed by atoms with Crippen molar-refractivity contribution in [3.05, 3.63) is 23.2 Å². The minimum atomic E-state index is -0.369. The van der Waals surface area contributed by atoms with Crippen molar-refractivity contribution < 1.29 is 9.53 Å². The number of carbonyl (C=O) groups is 1. The molecule has 0 spiro atoms. The number of hydrogen-bond donors (Lipinski definition) is 2. The Morgan fingerprint density at radius 2 is 2.37 bits per heavy atom. The summed E-state index contributed by atoms with van der Waals surface area (Å²) in [4.78, 5) is 12.4. The summed E-state index contributed by atoms with van der Waals surface area (Å²) in [6, 6.07) is 5.24. The highest BCUT2D eigenvalue weighted by atomic mass is 35.5. The topological polar surface area (TPSA) is 50.4 Å². The Labute approximate surface area is 118 Å². The quantitative estimate of drug-likeness (QED) is 0.893. The second-order valence-corrected chi connectivity index (χ2v) is 5.45. The van der Waals surface area contributed by atoms with Gasteiger partial charge < -0.3 is 15.4 Å². The van der Waals surface area contributed by atoms with Gasteiger partial charge in [-0.25, -0.2) is 0 Å². The molecule has 1 atom stereocenters. The number of hydrogen-bond acceptors (Lipinski definition) is 3. The monoisotopic (exact) mass is 282 g/mol. The highest BCUT2D eigenvalue weighted by molar-refractivity contribution is 6.31. The Balaban J connectivity index is 2.17. The largest absolute Gasteiger partial charge is 0.492 e. The van der Waals surface area contributed by atoms with Crippen LogP contribution in [0.2, 0.25) is 5.02 Å². The van der Waals surface area contributed by atoms with Crippen molar-refractivity contribution in [2.45, 2.75) is 20.3 Å². The zero-order valence-electron chi connectivity index (χ0n) is 11.3. The van der Waals surface area contributed by atoms with Crippen LogP contribution in [0.25, 0.3) is 0 Å². The van der Waals surface area contributed by atoms with Gasteiger partial charge >= 0.3 is 0 Å². The smallest absolute Gasteiger partial charge is 0.231 e. The first-order valence-corrected chi connectivity index (χ1v) is 6.87. The van der Waals surface area contributed by atoms with Crippen LogP contribution in [-0.2, 0) is 4.79 Å². The lowest BCUT2D eigenvalue weighted by atomic mass is 9.88. The van der Waals surface area contributed by atoms with Gasteiger partial charge in [-0.3, -0.25) is 4.79 Å². The fourth-order valence-corrected chi connectivity index (χ4v) is 2.34. The van der Waals surface area contributed by atoms with Crippen LogP contribution in [0.1, 0.15) is 20.3 Å². The van der Waals surface area contributed by atoms with Crippen LogP contribution >= 0.6 is 11.6 Å². The van der Waals surface area contributed by atoms with Gasteiger partial charge in [-0.1, -0.05) is 11.6 Å². The predicted molar refractivity (Wildman–Crippen MR) is 76.8 cm³/mol. The van der Waals surface area contributed by atoms with Gasteiger partial charge in [0.15, 0.2) is 0 Å². The van der Waals surface area contributed by atoms with Gasteiger partial charge in [-0.2, -0.15) is 0 Å². The average Bonchev–Trinajstić information content (AvgIpc) is 2.81. The lowest BCUT2D eigenvalue weighted by Crippen LogP contribution is -2.35. The first-order chi connectivity index (χ1) is 9.05. The van der Waals surface area contributed by atoms with Crippen LogP contribution in [-0.4, -0.2) is 25.6 Å². The summed E-state index contributed by atoms with van der Waals surface area (Å²) in [5.41, 5.74) is 0.263. The first kappa shape index (κ1) is 14.2. The Bertz CT molecular complexity index is 471. The predicted octanol–water partition coefficient (Wildman–Crippen LogP) is 2.68. The Hall–Kier alpha value is -1.26. The lowest BCUT2D eigenvalue weighted by molar-refractivity contribution is -0.123. The standard InChI is InChI=1S/C14H19ClN2O2/c1-3-19-12-5-4-10(15)8-11(12)17-13(18)14(2)6-7-16-9-14/h4-5,8,16H,3,6-7,9H2,1-2H3,(H,17,18). The van der Waals surface area contributed by atoms with E-state index < -0.39 is 0 Å². The summed E-state index contributed by atoms with van der Waals surface area (Å²) < 4.78 is 5.50. The van der Waals surface area contributed by atoms with Gasteiger partial charge in [0.25, 0.3) is 0 Å². The van der Waals surface area contributed by atoms with Crippen LogP contribution in [0.15, 0.2) is 18.2 Å². The molecule has 1 aromatic carbocycles. The zero-order chi connectivity index (χ0) is 13.9. The SMILES string of the molecule is CCOc1ccc(Cl)cc1NC(=O)C1(C)CCNC1. The second kappa shape index (κ2) is 5.80. The maximum Gasteiger partial charge on any atom is 0.231 e. The van der Waals surface area contributed by atoms with Gasteiger partial charge in [-0.15, -0.1) is 0 Å². The van der Waals surface area contributed by atoms with Crippen LogP contribution in [0, 0.1) is 5.41 Å². The van der Waals surface area contributed by atoms with Crippen molar-refractivity contribution in [3.8, 4) is 5.75 Å². The molecule has 1 heterocycles. The number of rotatable bonds is 4. The number of halogens is 1. The van der Waals surface area contributed by atoms with Crippen LogP contribution < -0.4 is 15.4 Å². The van der Waals surface area contributed by atoms with E-state index in [4.69, 9.17) is 16.3 Å². The fourth-order valence-electron chi connectivity index (χ4n) is 2.17. The molecule has 5 heteroatoms. The van der Waals surface area contributed by atoms with Gasteiger partial charge in [0, 0.05) is 11.6 Å². The summed E-state index contributed by atoms with van der Waals surface area (Å²) in [5.74, 6) is 0.649. The molecule has 0 radical (unpaired) electrons. The molecule has 1 amide bonds. The van der Waals surface area contributed by atoms with E-state index in [9.17, 15) is 4.79 Å². The second-order valence-electron chi connectivity index (χ2n) is 5.02. The van der Waals surface area contributed by atoms with Crippen molar-refractivity contribution in [2.75, 3.05) is 25.0 Å². The van der Waals surface area contributed by atoms with Crippen molar-refractivity contribution in [1.82, 2.24) is 5.32 Å². The van der Waals surface area contributed by atoms with Gasteiger partial charge in [0.1, 0.15) is 5.75 Å². The van der Waals surface area contributed by atoms with E-state index >= 15 is 0 Å². The summed E-state index contributed by atoms with van der Waals surface area (Å²) in [6.45, 7) is 5.99. The van der Waals surface area contributed by atoms with Crippen molar-refractivity contribution in [1.29, 1.82) is 0 Å². The van der Waals surface area contributed by atoms with Crippen molar-refractivity contribution >= 4 is 23.2 Å². The molecule has 2 rings (SSSR count). The molecular formula is C14H19ClN2O2. The molecule has 1 unspecified atom stereocenters. The molecule has 0 bridgehead atoms. The number of ether oxygens (including phenoxy) is 1. The summed E-state index contributed by atoms with van der Waals surface area (Å²) in [7, 11) is 0. The third kappa shape index (κ3) is 3.19. The maximum atomic E-state index is 12.4. The molecule has 1 aliphatic rings. The van der Waals surface area contributed by atoms with E-state index in [1.165, 1.54) is 0 Å². The normalized spacial score (nSPS) is 22.3. The summed E-state index contributed by atoms with van der Waals surface area (Å²) in [5, 5.41) is 6.72. The molecule has 4 nitrogen and oxygen atoms in total. The van der Waals surface area contributed by atoms with Crippen molar-refractivity contribution in [3.63, 3.8) is 0 Å². The van der Waals surface area contributed by atoms with Gasteiger partial charge in [-0.05, 0) is 45.0 Å². The Kier molecular flexibility index (Phi) is 4.32. The molecule has 1 fully saturated rings. The number of carbonyl (C=O) groups excluding carboxylic acids is 1. The first-order valence-electron chi connectivity index (χ1n) is 6.50. The van der Waals surface area contributed by atoms with Crippen molar-refractivity contribution in [2.24, 2.45) is 5.41 Å². The minimum absolute atomic E-state index is 0.000666. The lowest BCUT2D eigenvalue weighted by Gasteiger charge is -2.22. The Morgan fingerprint density at radius 3 is 3.00 bits per heavy atom. The molecule has 1 aromatic rings. The molecular weight excluding hydrogens is 264 g/mol. The molecule has 2 N–H and O–H groups in total. The average molecular weight is 283 g/mol. The molecule has 0 aromatic heterocycles. The molecule has 0 saturated carbocycles. The summed E-state index contributed by atoms with van der Waals surface area (Å²) in [6.07, 6.45) is 0.837. The van der Waals surface area contributed by atoms with Crippen LogP contribution in [0.4, 0.5) is 5.69 Å². The number of anilines is 1. The molecule has 1 saturated heterocycles. The number of amides is 1. The minimum Gasteiger partial charge on any atom is -0.492 e. The number of benzene rings is 1. The summed E-state index contributed by atoms with van der Waals surface area (Å²) >= 11 is 5.98.